The fraction of sp³-hybridized carbons (Fsp3) is 0.272. The van der Waals surface area contributed by atoms with Crippen LogP contribution in [0.5, 0.6) is 5.88 Å². The van der Waals surface area contributed by atoms with Crippen LogP contribution < -0.4 is 65.2 Å². The molecule has 0 radical (unpaired) electrons. The molecule has 0 spiro atoms. The molecule has 12 aromatic heterocycles. The highest BCUT2D eigenvalue weighted by Gasteiger charge is 2.46. The van der Waals surface area contributed by atoms with Gasteiger partial charge in [-0.1, -0.05) is 0 Å². The van der Waals surface area contributed by atoms with Gasteiger partial charge in [-0.3, -0.25) is 65.2 Å². The van der Waals surface area contributed by atoms with Crippen molar-refractivity contribution in [2.24, 2.45) is 0 Å². The fourth-order valence-corrected chi connectivity index (χ4v) is 15.8. The summed E-state index contributed by atoms with van der Waals surface area (Å²) in [5.41, 5.74) is 6.71. The maximum atomic E-state index is 13.3. The lowest BCUT2D eigenvalue weighted by Crippen LogP contribution is -2.48. The van der Waals surface area contributed by atoms with E-state index in [1.54, 1.807) is 93.0 Å². The highest BCUT2D eigenvalue weighted by molar-refractivity contribution is 6.07. The molecule has 8 bridgehead atoms. The number of ether oxygens (including phenoxy) is 1. The molecule has 4 fully saturated rings. The average Bonchev–Trinajstić information content (AvgIpc) is 1.57. The zero-order valence-electron chi connectivity index (χ0n) is 64.8. The Morgan fingerprint density at radius 1 is 0.426 bits per heavy atom. The summed E-state index contributed by atoms with van der Waals surface area (Å²) >= 11 is 0. The van der Waals surface area contributed by atoms with E-state index in [0.29, 0.717) is 87.7 Å². The highest BCUT2D eigenvalue weighted by Crippen LogP contribution is 2.46. The minimum Gasteiger partial charge on any atom is -0.417 e. The molecule has 20 rings (SSSR count). The van der Waals surface area contributed by atoms with Gasteiger partial charge in [0.15, 0.2) is 40.7 Å². The van der Waals surface area contributed by atoms with Crippen LogP contribution in [0.4, 0.5) is 123 Å². The Balaban J connectivity index is 0.000000116. The Morgan fingerprint density at radius 2 is 0.836 bits per heavy atom. The van der Waals surface area contributed by atoms with Crippen LogP contribution >= 0.6 is 0 Å². The number of anilines is 12. The van der Waals surface area contributed by atoms with Crippen LogP contribution in [-0.4, -0.2) is 187 Å². The number of fused-ring (bicyclic) bond motifs is 16. The normalized spacial score (nSPS) is 17.3. The molecule has 8 aliphatic rings. The van der Waals surface area contributed by atoms with Crippen molar-refractivity contribution in [2.75, 3.05) is 113 Å². The van der Waals surface area contributed by atoms with Gasteiger partial charge in [-0.25, -0.2) is 64.0 Å². The molecular weight excluding hydrogens is 1600 g/mol. The van der Waals surface area contributed by atoms with Crippen molar-refractivity contribution in [1.29, 1.82) is 0 Å². The molecule has 0 aliphatic carbocycles. The molecule has 4 atom stereocenters. The minimum atomic E-state index is -4.57. The van der Waals surface area contributed by atoms with E-state index in [1.807, 2.05) is 48.1 Å². The van der Waals surface area contributed by atoms with Crippen LogP contribution in [0.2, 0.25) is 0 Å². The van der Waals surface area contributed by atoms with Gasteiger partial charge < -0.3 is 29.7 Å². The summed E-state index contributed by atoms with van der Waals surface area (Å²) in [7, 11) is 0. The molecule has 622 valence electrons. The first-order valence-corrected chi connectivity index (χ1v) is 38.7. The van der Waals surface area contributed by atoms with E-state index in [4.69, 9.17) is 9.97 Å². The predicted molar refractivity (Wildman–Crippen MR) is 434 cm³/mol. The van der Waals surface area contributed by atoms with E-state index in [-0.39, 0.29) is 59.4 Å². The second-order valence-electron chi connectivity index (χ2n) is 29.1. The number of hydrogen-bond acceptors (Lipinski definition) is 24. The van der Waals surface area contributed by atoms with Gasteiger partial charge >= 0.3 is 43.1 Å². The number of nitrogens with zero attached hydrogens (tertiary/aromatic N) is 24. The Kier molecular flexibility index (Phi) is 21.9. The fourth-order valence-electron chi connectivity index (χ4n) is 15.8. The van der Waals surface area contributed by atoms with Crippen LogP contribution in [0.25, 0.3) is 45.0 Å². The van der Waals surface area contributed by atoms with Gasteiger partial charge in [0.1, 0.15) is 11.4 Å². The summed E-state index contributed by atoms with van der Waals surface area (Å²) in [6, 6.07) is 24.6. The summed E-state index contributed by atoms with van der Waals surface area (Å²) in [6.07, 6.45) is 17.3. The number of aryl methyl sites for hydroxylation is 2. The third-order valence-electron chi connectivity index (χ3n) is 21.4. The second-order valence-corrected chi connectivity index (χ2v) is 29.1. The molecule has 122 heavy (non-hydrogen) atoms. The number of carbonyl (C=O) groups is 4. The molecule has 8 aliphatic heterocycles. The number of amides is 8. The molecule has 4 saturated heterocycles. The molecule has 33 nitrogen and oxygen atoms in total. The van der Waals surface area contributed by atoms with Crippen molar-refractivity contribution in [2.45, 2.75) is 89.2 Å². The van der Waals surface area contributed by atoms with Crippen LogP contribution in [0, 0.1) is 6.92 Å². The summed E-state index contributed by atoms with van der Waals surface area (Å²) < 4.78 is 109. The summed E-state index contributed by atoms with van der Waals surface area (Å²) in [4.78, 5) is 126. The van der Waals surface area contributed by atoms with E-state index < -0.39 is 36.4 Å². The van der Waals surface area contributed by atoms with Crippen molar-refractivity contribution in [3.8, 4) is 50.9 Å². The number of halogens is 8. The molecule has 8 amide bonds. The Hall–Kier alpha value is -14.8. The van der Waals surface area contributed by atoms with E-state index in [9.17, 15) is 54.3 Å². The quantitative estimate of drug-likeness (QED) is 0.0874. The summed E-state index contributed by atoms with van der Waals surface area (Å²) in [5.74, 6) is 2.99. The smallest absolute Gasteiger partial charge is 0.417 e. The molecular formula is C81H72F8N28O5. The zero-order chi connectivity index (χ0) is 84.5. The number of alkyl halides is 8. The topological polar surface area (TPSA) is 350 Å². The van der Waals surface area contributed by atoms with Crippen LogP contribution in [0.3, 0.4) is 0 Å². The monoisotopic (exact) mass is 1670 g/mol. The summed E-state index contributed by atoms with van der Waals surface area (Å²) in [6.45, 7) is 7.63. The zero-order valence-corrected chi connectivity index (χ0v) is 64.8. The van der Waals surface area contributed by atoms with E-state index >= 15 is 0 Å². The minimum absolute atomic E-state index is 0.0214. The molecule has 0 aromatic carbocycles. The van der Waals surface area contributed by atoms with E-state index in [0.717, 1.165) is 124 Å². The largest absolute Gasteiger partial charge is 0.433 e. The predicted octanol–water partition coefficient (Wildman–Crippen LogP) is 13.6. The van der Waals surface area contributed by atoms with Gasteiger partial charge in [-0.05, 0) is 131 Å². The van der Waals surface area contributed by atoms with Crippen molar-refractivity contribution in [3.05, 3.63) is 207 Å². The summed E-state index contributed by atoms with van der Waals surface area (Å²) in [5, 5.41) is 15.5. The number of urea groups is 4. The van der Waals surface area contributed by atoms with Gasteiger partial charge in [-0.15, -0.1) is 0 Å². The van der Waals surface area contributed by atoms with Gasteiger partial charge in [-0.2, -0.15) is 40.2 Å². The van der Waals surface area contributed by atoms with Gasteiger partial charge in [0.05, 0.1) is 106 Å². The molecule has 12 aromatic rings. The Labute approximate surface area is 689 Å². The SMILES string of the molecule is CCn1cc(-c2ccc3c(n2)N(C(=O)Nc2cnccn2)[C@H]2CCN3C2)cn1.Cc1cc(-c2ccc3c(n2)N(C(=O)Nc2cnccn2)[C@H]2CCN3C2)cc(C(F)(F)F)n1.O=C(Nc1cccnc1)N1c2nc(-c3ccc(C(F)(F)F)nc3)ccc2N2CC[C@H]1C2.O=C(Nc1cnccn1)N1c2nc(-c3ccc(OC(F)F)nc3)ccc2N2CC[C@H]1C2. The Morgan fingerprint density at radius 3 is 1.20 bits per heavy atom. The first kappa shape index (κ1) is 79.6. The number of rotatable bonds is 11. The Bertz CT molecular complexity index is 5840. The maximum absolute atomic E-state index is 13.3. The van der Waals surface area contributed by atoms with Crippen LogP contribution in [-0.2, 0) is 18.9 Å². The van der Waals surface area contributed by atoms with Crippen molar-refractivity contribution in [3.63, 3.8) is 0 Å². The second kappa shape index (κ2) is 33.5. The maximum Gasteiger partial charge on any atom is 0.433 e. The van der Waals surface area contributed by atoms with Gasteiger partial charge in [0.25, 0.3) is 0 Å². The van der Waals surface area contributed by atoms with Crippen LogP contribution in [0.15, 0.2) is 190 Å². The van der Waals surface area contributed by atoms with E-state index in [1.165, 1.54) is 68.6 Å². The highest BCUT2D eigenvalue weighted by atomic mass is 19.4. The first-order valence-electron chi connectivity index (χ1n) is 38.7. The number of pyridine rings is 8. The number of carbonyl (C=O) groups excluding carboxylic acids is 4. The number of nitrogens with one attached hydrogen (secondary N) is 4. The average molecular weight is 1670 g/mol. The van der Waals surface area contributed by atoms with Crippen molar-refractivity contribution in [1.82, 2.24) is 79.6 Å². The standard InChI is InChI=1S/C21H18F3N7O.C21H17F3N6O.C20H17F2N7O2.C19H20N8O/c1-12-8-13(9-17(27-12)21(22,23)24)15-2-3-16-19(28-15)31(14-4-7-30(16)11-14)20(32)29-18-10-25-5-6-26-18;22-21(23,24)18-6-3-13(10-26-18)16-4-5-17-19(28-16)30(15-7-9-29(17)12-15)20(31)27-14-2-1-8-25-11-14;21-19(22)31-17-4-1-12(9-25-17)14-2-3-15-18(26-14)29(13-5-8-28(15)11-13)20(30)27-16-10-23-6-7-24-16;1-2-26-11-13(9-22-26)15-3-4-16-18(23-15)27(14-5-8-25(16)12-14)19(28)24-17-10-20-6-7-21-17/h2-3,5-6,8-10,14H,4,7,11H2,1H3,(H,26,29,32);1-6,8,10-11,15H,7,9,12H2,(H,27,31);1-4,6-7,9-10,13,19H,5,8,11H2,(H,24,27,30);3-4,6-7,9-11,14H,2,5,8,12H2,1H3,(H,21,24,28)/t14-;15-;13-;14-/m0000/s1. The van der Waals surface area contributed by atoms with E-state index in [2.05, 4.69) is 111 Å². The van der Waals surface area contributed by atoms with Crippen LogP contribution in [0.1, 0.15) is 49.7 Å². The number of aromatic nitrogens is 16. The molecule has 20 heterocycles. The lowest BCUT2D eigenvalue weighted by Gasteiger charge is -2.35. The first-order chi connectivity index (χ1) is 59.0. The van der Waals surface area contributed by atoms with Gasteiger partial charge in [0.2, 0.25) is 5.88 Å². The lowest BCUT2D eigenvalue weighted by atomic mass is 10.1. The van der Waals surface area contributed by atoms with Gasteiger partial charge in [0, 0.05) is 155 Å². The lowest BCUT2D eigenvalue weighted by molar-refractivity contribution is -0.142. The third kappa shape index (κ3) is 16.9. The van der Waals surface area contributed by atoms with Crippen molar-refractivity contribution >= 4 is 93.3 Å². The molecule has 41 heteroatoms. The van der Waals surface area contributed by atoms with Crippen molar-refractivity contribution < 1.29 is 59.0 Å². The molecule has 0 unspecified atom stereocenters. The molecule has 0 saturated carbocycles. The molecule has 4 N–H and O–H groups in total. The third-order valence-corrected chi connectivity index (χ3v) is 21.4. The number of hydrogen-bond donors (Lipinski definition) is 4.